The summed E-state index contributed by atoms with van der Waals surface area (Å²) in [6.07, 6.45) is 3.69. The molecule has 6 nitrogen and oxygen atoms in total. The Morgan fingerprint density at radius 1 is 1.36 bits per heavy atom. The fourth-order valence-electron chi connectivity index (χ4n) is 3.00. The predicted octanol–water partition coefficient (Wildman–Crippen LogP) is 3.34. The van der Waals surface area contributed by atoms with Crippen LogP contribution in [0.5, 0.6) is 5.75 Å². The molecule has 0 saturated carbocycles. The minimum atomic E-state index is -0.230. The minimum absolute atomic E-state index is 0.157. The Morgan fingerprint density at radius 2 is 2.16 bits per heavy atom. The van der Waals surface area contributed by atoms with E-state index in [4.69, 9.17) is 13.9 Å². The van der Waals surface area contributed by atoms with Gasteiger partial charge in [0, 0.05) is 13.2 Å². The molecule has 6 heteroatoms. The number of amides is 1. The first-order chi connectivity index (χ1) is 12.2. The molecule has 0 radical (unpaired) electrons. The summed E-state index contributed by atoms with van der Waals surface area (Å²) in [7, 11) is 0. The summed E-state index contributed by atoms with van der Waals surface area (Å²) >= 11 is 0. The van der Waals surface area contributed by atoms with Crippen LogP contribution in [0.1, 0.15) is 52.7 Å². The van der Waals surface area contributed by atoms with Crippen LogP contribution in [0.15, 0.2) is 29.0 Å². The van der Waals surface area contributed by atoms with Crippen molar-refractivity contribution in [1.29, 1.82) is 0 Å². The number of hydrogen-bond donors (Lipinski definition) is 1. The number of ether oxygens (including phenoxy) is 2. The highest BCUT2D eigenvalue weighted by Gasteiger charge is 2.27. The summed E-state index contributed by atoms with van der Waals surface area (Å²) in [4.78, 5) is 16.3. The van der Waals surface area contributed by atoms with Crippen LogP contribution in [0.25, 0.3) is 0 Å². The molecule has 1 aromatic heterocycles. The summed E-state index contributed by atoms with van der Waals surface area (Å²) in [6.45, 7) is 5.82. The monoisotopic (exact) mass is 344 g/mol. The van der Waals surface area contributed by atoms with Gasteiger partial charge >= 0.3 is 0 Å². The summed E-state index contributed by atoms with van der Waals surface area (Å²) in [6, 6.07) is 6.07. The molecule has 0 bridgehead atoms. The molecule has 1 aliphatic heterocycles. The van der Waals surface area contributed by atoms with Crippen molar-refractivity contribution in [3.8, 4) is 5.75 Å². The maximum absolute atomic E-state index is 12.3. The van der Waals surface area contributed by atoms with Gasteiger partial charge in [-0.25, -0.2) is 4.98 Å². The van der Waals surface area contributed by atoms with Gasteiger partial charge in [0.25, 0.3) is 5.91 Å². The molecule has 1 aromatic carbocycles. The van der Waals surface area contributed by atoms with Crippen molar-refractivity contribution in [2.75, 3.05) is 19.8 Å². The highest BCUT2D eigenvalue weighted by Crippen LogP contribution is 2.30. The molecule has 2 aromatic rings. The van der Waals surface area contributed by atoms with Crippen molar-refractivity contribution in [2.45, 2.75) is 39.2 Å². The number of para-hydroxylation sites is 1. The quantitative estimate of drug-likeness (QED) is 0.780. The molecule has 1 N–H and O–H groups in total. The number of rotatable bonds is 7. The molecule has 0 spiro atoms. The van der Waals surface area contributed by atoms with Gasteiger partial charge in [-0.05, 0) is 44.2 Å². The normalized spacial score (nSPS) is 16.8. The van der Waals surface area contributed by atoms with Gasteiger partial charge in [0.2, 0.25) is 0 Å². The van der Waals surface area contributed by atoms with Crippen LogP contribution < -0.4 is 10.1 Å². The first-order valence-corrected chi connectivity index (χ1v) is 8.69. The largest absolute Gasteiger partial charge is 0.493 e. The average Bonchev–Trinajstić information content (AvgIpc) is 3.27. The van der Waals surface area contributed by atoms with Crippen molar-refractivity contribution in [3.05, 3.63) is 47.2 Å². The molecule has 1 fully saturated rings. The highest BCUT2D eigenvalue weighted by atomic mass is 16.5. The predicted molar refractivity (Wildman–Crippen MR) is 92.8 cm³/mol. The van der Waals surface area contributed by atoms with E-state index in [0.717, 1.165) is 29.7 Å². The lowest BCUT2D eigenvalue weighted by Crippen LogP contribution is -2.27. The van der Waals surface area contributed by atoms with Crippen LogP contribution in [-0.4, -0.2) is 30.6 Å². The van der Waals surface area contributed by atoms with Crippen LogP contribution in [0.4, 0.5) is 0 Å². The van der Waals surface area contributed by atoms with E-state index in [1.807, 2.05) is 32.0 Å². The second kappa shape index (κ2) is 8.16. The van der Waals surface area contributed by atoms with E-state index in [1.54, 1.807) is 0 Å². The van der Waals surface area contributed by atoms with E-state index in [9.17, 15) is 4.79 Å². The van der Waals surface area contributed by atoms with E-state index in [2.05, 4.69) is 10.3 Å². The molecule has 3 rings (SSSR count). The second-order valence-corrected chi connectivity index (χ2v) is 6.25. The van der Waals surface area contributed by atoms with Crippen LogP contribution in [0.2, 0.25) is 0 Å². The minimum Gasteiger partial charge on any atom is -0.493 e. The number of carbonyl (C=O) groups excluding carboxylic acids is 1. The Morgan fingerprint density at radius 3 is 2.88 bits per heavy atom. The van der Waals surface area contributed by atoms with E-state index in [0.29, 0.717) is 37.6 Å². The Balaban J connectivity index is 1.45. The molecular formula is C19H24N2O4. The topological polar surface area (TPSA) is 73.6 Å². The number of nitrogens with one attached hydrogen (secondary N) is 1. The number of nitrogens with zero attached hydrogens (tertiary/aromatic N) is 1. The molecule has 1 aliphatic rings. The van der Waals surface area contributed by atoms with Gasteiger partial charge < -0.3 is 19.2 Å². The van der Waals surface area contributed by atoms with E-state index >= 15 is 0 Å². The summed E-state index contributed by atoms with van der Waals surface area (Å²) in [5.41, 5.74) is 2.56. The smallest absolute Gasteiger partial charge is 0.273 e. The van der Waals surface area contributed by atoms with Crippen LogP contribution in [-0.2, 0) is 4.74 Å². The fraction of sp³-hybridized carbons (Fsp3) is 0.474. The molecule has 1 amide bonds. The third-order valence-corrected chi connectivity index (χ3v) is 4.29. The SMILES string of the molecule is Cc1cccc(C)c1OCCCNC(=O)c1ncoc1C1CCCO1. The Labute approximate surface area is 147 Å². The van der Waals surface area contributed by atoms with Gasteiger partial charge in [0.1, 0.15) is 11.9 Å². The summed E-state index contributed by atoms with van der Waals surface area (Å²) < 4.78 is 16.8. The number of hydrogen-bond acceptors (Lipinski definition) is 5. The van der Waals surface area contributed by atoms with Crippen molar-refractivity contribution in [2.24, 2.45) is 0 Å². The Bertz CT molecular complexity index is 700. The molecule has 1 atom stereocenters. The molecular weight excluding hydrogens is 320 g/mol. The Kier molecular flexibility index (Phi) is 5.71. The molecule has 2 heterocycles. The third kappa shape index (κ3) is 4.20. The maximum atomic E-state index is 12.3. The van der Waals surface area contributed by atoms with E-state index < -0.39 is 0 Å². The van der Waals surface area contributed by atoms with Crippen LogP contribution in [0, 0.1) is 13.8 Å². The summed E-state index contributed by atoms with van der Waals surface area (Å²) in [5.74, 6) is 1.22. The molecule has 134 valence electrons. The van der Waals surface area contributed by atoms with Crippen molar-refractivity contribution in [1.82, 2.24) is 10.3 Å². The van der Waals surface area contributed by atoms with E-state index in [1.165, 1.54) is 6.39 Å². The van der Waals surface area contributed by atoms with Crippen molar-refractivity contribution >= 4 is 5.91 Å². The number of aromatic nitrogens is 1. The van der Waals surface area contributed by atoms with Gasteiger partial charge in [0.15, 0.2) is 17.8 Å². The first-order valence-electron chi connectivity index (χ1n) is 8.69. The number of oxazole rings is 1. The van der Waals surface area contributed by atoms with Crippen LogP contribution in [0.3, 0.4) is 0 Å². The van der Waals surface area contributed by atoms with Crippen molar-refractivity contribution in [3.63, 3.8) is 0 Å². The van der Waals surface area contributed by atoms with Crippen LogP contribution >= 0.6 is 0 Å². The second-order valence-electron chi connectivity index (χ2n) is 6.25. The number of aryl methyl sites for hydroxylation is 2. The zero-order chi connectivity index (χ0) is 17.6. The lowest BCUT2D eigenvalue weighted by molar-refractivity contribution is 0.0860. The van der Waals surface area contributed by atoms with Gasteiger partial charge in [0.05, 0.1) is 6.61 Å². The maximum Gasteiger partial charge on any atom is 0.273 e. The zero-order valence-corrected chi connectivity index (χ0v) is 14.7. The number of benzene rings is 1. The lowest BCUT2D eigenvalue weighted by Gasteiger charge is -2.12. The summed E-state index contributed by atoms with van der Waals surface area (Å²) in [5, 5.41) is 2.87. The first kappa shape index (κ1) is 17.5. The van der Waals surface area contributed by atoms with Gasteiger partial charge in [-0.1, -0.05) is 18.2 Å². The number of carbonyl (C=O) groups is 1. The molecule has 1 unspecified atom stereocenters. The molecule has 25 heavy (non-hydrogen) atoms. The molecule has 1 saturated heterocycles. The van der Waals surface area contributed by atoms with Gasteiger partial charge in [-0.2, -0.15) is 0 Å². The van der Waals surface area contributed by atoms with Gasteiger partial charge in [-0.15, -0.1) is 0 Å². The fourth-order valence-corrected chi connectivity index (χ4v) is 3.00. The van der Waals surface area contributed by atoms with Crippen molar-refractivity contribution < 1.29 is 18.7 Å². The third-order valence-electron chi connectivity index (χ3n) is 4.29. The Hall–Kier alpha value is -2.34. The average molecular weight is 344 g/mol. The lowest BCUT2D eigenvalue weighted by atomic mass is 10.1. The molecule has 0 aliphatic carbocycles. The van der Waals surface area contributed by atoms with E-state index in [-0.39, 0.29) is 12.0 Å². The van der Waals surface area contributed by atoms with Gasteiger partial charge in [-0.3, -0.25) is 4.79 Å². The highest BCUT2D eigenvalue weighted by molar-refractivity contribution is 5.93. The zero-order valence-electron chi connectivity index (χ0n) is 14.7. The standard InChI is InChI=1S/C19H24N2O4/c1-13-6-3-7-14(2)17(13)24-11-5-9-20-19(22)16-18(25-12-21-16)15-8-4-10-23-15/h3,6-7,12,15H,4-5,8-11H2,1-2H3,(H,20,22).